The summed E-state index contributed by atoms with van der Waals surface area (Å²) in [5.41, 5.74) is 0. The summed E-state index contributed by atoms with van der Waals surface area (Å²) in [5, 5.41) is 17.2. The van der Waals surface area contributed by atoms with Crippen LogP contribution in [0.2, 0.25) is 0 Å². The van der Waals surface area contributed by atoms with Crippen molar-refractivity contribution in [3.8, 4) is 0 Å². The Labute approximate surface area is 135 Å². The molecule has 0 bridgehead atoms. The molecule has 1 fully saturated rings. The number of aliphatic hydroxyl groups is 1. The minimum Gasteiger partial charge on any atom is -0.393 e. The predicted octanol–water partition coefficient (Wildman–Crippen LogP) is 1.92. The van der Waals surface area contributed by atoms with Crippen LogP contribution < -0.4 is 10.6 Å². The molecule has 2 rings (SSSR count). The molecule has 6 heteroatoms. The fraction of sp³-hybridized carbons (Fsp3) is 0.625. The summed E-state index contributed by atoms with van der Waals surface area (Å²) >= 11 is 1.36. The number of carbonyl (C=O) groups excluding carboxylic acids is 2. The Hall–Kier alpha value is -1.40. The van der Waals surface area contributed by atoms with Crippen LogP contribution in [0.4, 0.5) is 0 Å². The summed E-state index contributed by atoms with van der Waals surface area (Å²) in [5.74, 6) is -0.331. The van der Waals surface area contributed by atoms with E-state index in [0.717, 1.165) is 25.7 Å². The van der Waals surface area contributed by atoms with Gasteiger partial charge in [0.05, 0.1) is 11.0 Å². The van der Waals surface area contributed by atoms with Crippen LogP contribution in [0.25, 0.3) is 0 Å². The number of rotatable bonds is 5. The Morgan fingerprint density at radius 1 is 1.27 bits per heavy atom. The van der Waals surface area contributed by atoms with Crippen LogP contribution in [0, 0.1) is 5.92 Å². The number of carbonyl (C=O) groups is 2. The lowest BCUT2D eigenvalue weighted by atomic mass is 9.92. The molecule has 1 aliphatic rings. The van der Waals surface area contributed by atoms with Gasteiger partial charge >= 0.3 is 0 Å². The average molecular weight is 324 g/mol. The van der Waals surface area contributed by atoms with Gasteiger partial charge in [0.15, 0.2) is 0 Å². The topological polar surface area (TPSA) is 78.4 Å². The van der Waals surface area contributed by atoms with Gasteiger partial charge < -0.3 is 15.7 Å². The first-order chi connectivity index (χ1) is 10.5. The number of hydrogen-bond donors (Lipinski definition) is 3. The highest BCUT2D eigenvalue weighted by Gasteiger charge is 2.28. The van der Waals surface area contributed by atoms with Crippen molar-refractivity contribution in [2.24, 2.45) is 5.92 Å². The first-order valence-electron chi connectivity index (χ1n) is 7.80. The highest BCUT2D eigenvalue weighted by atomic mass is 32.1. The largest absolute Gasteiger partial charge is 0.393 e. The maximum Gasteiger partial charge on any atom is 0.262 e. The molecular formula is C16H24N2O3S. The zero-order valence-electron chi connectivity index (χ0n) is 13.0. The third-order valence-electron chi connectivity index (χ3n) is 4.02. The van der Waals surface area contributed by atoms with Crippen LogP contribution in [0.1, 0.15) is 49.2 Å². The van der Waals surface area contributed by atoms with Crippen molar-refractivity contribution >= 4 is 23.2 Å². The van der Waals surface area contributed by atoms with E-state index >= 15 is 0 Å². The van der Waals surface area contributed by atoms with Crippen molar-refractivity contribution in [1.82, 2.24) is 10.6 Å². The number of thiophene rings is 1. The SMILES string of the molecule is CC(C)C(NC(=O)c1cccs1)C(=O)NC1CCC(O)CC1. The fourth-order valence-corrected chi connectivity index (χ4v) is 3.29. The van der Waals surface area contributed by atoms with Crippen LogP contribution in [-0.2, 0) is 4.79 Å². The second-order valence-electron chi connectivity index (χ2n) is 6.19. The van der Waals surface area contributed by atoms with Gasteiger partial charge in [-0.05, 0) is 43.0 Å². The zero-order valence-corrected chi connectivity index (χ0v) is 13.9. The first kappa shape index (κ1) is 17.0. The fourth-order valence-electron chi connectivity index (χ4n) is 2.67. The molecule has 1 heterocycles. The lowest BCUT2D eigenvalue weighted by molar-refractivity contribution is -0.125. The van der Waals surface area contributed by atoms with Crippen molar-refractivity contribution in [3.63, 3.8) is 0 Å². The van der Waals surface area contributed by atoms with Gasteiger partial charge in [-0.15, -0.1) is 11.3 Å². The van der Waals surface area contributed by atoms with Crippen LogP contribution in [-0.4, -0.2) is 35.1 Å². The first-order valence-corrected chi connectivity index (χ1v) is 8.68. The van der Waals surface area contributed by atoms with Gasteiger partial charge in [0.2, 0.25) is 5.91 Å². The minimum atomic E-state index is -0.540. The van der Waals surface area contributed by atoms with Gasteiger partial charge in [-0.3, -0.25) is 9.59 Å². The predicted molar refractivity (Wildman–Crippen MR) is 86.8 cm³/mol. The Morgan fingerprint density at radius 3 is 2.50 bits per heavy atom. The number of aliphatic hydroxyl groups excluding tert-OH is 1. The molecule has 0 saturated heterocycles. The molecule has 0 aromatic carbocycles. The smallest absolute Gasteiger partial charge is 0.262 e. The molecule has 1 aromatic heterocycles. The van der Waals surface area contributed by atoms with Crippen molar-refractivity contribution in [2.75, 3.05) is 0 Å². The van der Waals surface area contributed by atoms with E-state index in [1.807, 2.05) is 25.3 Å². The van der Waals surface area contributed by atoms with E-state index in [9.17, 15) is 14.7 Å². The molecule has 1 atom stereocenters. The minimum absolute atomic E-state index is 0.0121. The lowest BCUT2D eigenvalue weighted by Gasteiger charge is -2.29. The van der Waals surface area contributed by atoms with Gasteiger partial charge in [0, 0.05) is 6.04 Å². The van der Waals surface area contributed by atoms with Gasteiger partial charge in [-0.1, -0.05) is 19.9 Å². The number of hydrogen-bond acceptors (Lipinski definition) is 4. The quantitative estimate of drug-likeness (QED) is 0.774. The second kappa shape index (κ2) is 7.74. The molecular weight excluding hydrogens is 300 g/mol. The molecule has 2 amide bonds. The lowest BCUT2D eigenvalue weighted by Crippen LogP contribution is -2.52. The highest BCUT2D eigenvalue weighted by molar-refractivity contribution is 7.12. The summed E-state index contributed by atoms with van der Waals surface area (Å²) in [7, 11) is 0. The van der Waals surface area contributed by atoms with Crippen molar-refractivity contribution in [3.05, 3.63) is 22.4 Å². The van der Waals surface area contributed by atoms with E-state index in [4.69, 9.17) is 0 Å². The maximum atomic E-state index is 12.5. The third kappa shape index (κ3) is 4.55. The normalized spacial score (nSPS) is 23.1. The van der Waals surface area contributed by atoms with E-state index < -0.39 is 6.04 Å². The number of amides is 2. The zero-order chi connectivity index (χ0) is 16.1. The van der Waals surface area contributed by atoms with Crippen LogP contribution in [0.3, 0.4) is 0 Å². The van der Waals surface area contributed by atoms with Crippen LogP contribution in [0.5, 0.6) is 0 Å². The number of nitrogens with one attached hydrogen (secondary N) is 2. The van der Waals surface area contributed by atoms with E-state index in [1.165, 1.54) is 11.3 Å². The van der Waals surface area contributed by atoms with Gasteiger partial charge in [-0.2, -0.15) is 0 Å². The van der Waals surface area contributed by atoms with E-state index in [1.54, 1.807) is 6.07 Å². The summed E-state index contributed by atoms with van der Waals surface area (Å²) in [6.07, 6.45) is 2.78. The Kier molecular flexibility index (Phi) is 5.97. The molecule has 1 aromatic rings. The van der Waals surface area contributed by atoms with E-state index in [0.29, 0.717) is 4.88 Å². The van der Waals surface area contributed by atoms with Crippen LogP contribution >= 0.6 is 11.3 Å². The van der Waals surface area contributed by atoms with Crippen molar-refractivity contribution in [2.45, 2.75) is 57.7 Å². The summed E-state index contributed by atoms with van der Waals surface area (Å²) < 4.78 is 0. The molecule has 122 valence electrons. The van der Waals surface area contributed by atoms with Crippen molar-refractivity contribution in [1.29, 1.82) is 0 Å². The maximum absolute atomic E-state index is 12.5. The average Bonchev–Trinajstić information content (AvgIpc) is 3.00. The standard InChI is InChI=1S/C16H24N2O3S/c1-10(2)14(18-15(20)13-4-3-9-22-13)16(21)17-11-5-7-12(19)8-6-11/h3-4,9-12,14,19H,5-8H2,1-2H3,(H,17,21)(H,18,20). The molecule has 0 aliphatic heterocycles. The summed E-state index contributed by atoms with van der Waals surface area (Å²) in [6.45, 7) is 3.84. The van der Waals surface area contributed by atoms with Crippen molar-refractivity contribution < 1.29 is 14.7 Å². The summed E-state index contributed by atoms with van der Waals surface area (Å²) in [4.78, 5) is 25.2. The Bertz CT molecular complexity index is 493. The monoisotopic (exact) mass is 324 g/mol. The molecule has 1 saturated carbocycles. The Balaban J connectivity index is 1.92. The van der Waals surface area contributed by atoms with E-state index in [-0.39, 0.29) is 29.9 Å². The molecule has 0 spiro atoms. The van der Waals surface area contributed by atoms with Gasteiger partial charge in [0.1, 0.15) is 6.04 Å². The summed E-state index contributed by atoms with van der Waals surface area (Å²) in [6, 6.07) is 3.12. The molecule has 22 heavy (non-hydrogen) atoms. The Morgan fingerprint density at radius 2 is 1.95 bits per heavy atom. The van der Waals surface area contributed by atoms with E-state index in [2.05, 4.69) is 10.6 Å². The molecule has 1 aliphatic carbocycles. The molecule has 3 N–H and O–H groups in total. The third-order valence-corrected chi connectivity index (χ3v) is 4.89. The van der Waals surface area contributed by atoms with Gasteiger partial charge in [0.25, 0.3) is 5.91 Å². The molecule has 0 radical (unpaired) electrons. The highest BCUT2D eigenvalue weighted by Crippen LogP contribution is 2.19. The molecule has 1 unspecified atom stereocenters. The van der Waals surface area contributed by atoms with Crippen LogP contribution in [0.15, 0.2) is 17.5 Å². The molecule has 5 nitrogen and oxygen atoms in total. The second-order valence-corrected chi connectivity index (χ2v) is 7.13. The van der Waals surface area contributed by atoms with Gasteiger partial charge in [-0.25, -0.2) is 0 Å².